The molecule has 0 amide bonds. The standard InChI is InChI=1S/C14H9FO6S2/c15-12-7-10-5-8-3-1-2-4-9(8)6-11(10)13(22(16,17)18)14(12)23(19,20)21/h1-7H,(H,16,17,18)(H,19,20,21). The van der Waals surface area contributed by atoms with Crippen LogP contribution in [0.1, 0.15) is 0 Å². The Kier molecular flexibility index (Phi) is 3.41. The highest BCUT2D eigenvalue weighted by atomic mass is 32.2. The van der Waals surface area contributed by atoms with Gasteiger partial charge in [-0.05, 0) is 34.4 Å². The van der Waals surface area contributed by atoms with E-state index in [1.807, 2.05) is 0 Å². The van der Waals surface area contributed by atoms with Gasteiger partial charge in [0, 0.05) is 5.39 Å². The topological polar surface area (TPSA) is 109 Å². The third-order valence-electron chi connectivity index (χ3n) is 3.38. The Bertz CT molecular complexity index is 1170. The number of rotatable bonds is 2. The van der Waals surface area contributed by atoms with Gasteiger partial charge in [0.15, 0.2) is 4.90 Å². The predicted molar refractivity (Wildman–Crippen MR) is 81.0 cm³/mol. The summed E-state index contributed by atoms with van der Waals surface area (Å²) in [4.78, 5) is -2.65. The lowest BCUT2D eigenvalue weighted by Crippen LogP contribution is -2.11. The van der Waals surface area contributed by atoms with Crippen molar-refractivity contribution in [2.24, 2.45) is 0 Å². The molecule has 3 rings (SSSR count). The fourth-order valence-electron chi connectivity index (χ4n) is 2.50. The lowest BCUT2D eigenvalue weighted by Gasteiger charge is -2.11. The third-order valence-corrected chi connectivity index (χ3v) is 5.37. The minimum absolute atomic E-state index is 0.0706. The SMILES string of the molecule is O=S(=O)(O)c1c(F)cc2cc3ccccc3cc2c1S(=O)(=O)O. The van der Waals surface area contributed by atoms with E-state index in [1.54, 1.807) is 24.3 Å². The molecule has 0 fully saturated rings. The molecule has 0 atom stereocenters. The molecular formula is C14H9FO6S2. The highest BCUT2D eigenvalue weighted by Crippen LogP contribution is 2.34. The molecule has 6 nitrogen and oxygen atoms in total. The van der Waals surface area contributed by atoms with Crippen LogP contribution in [0.2, 0.25) is 0 Å². The maximum absolute atomic E-state index is 14.1. The lowest BCUT2D eigenvalue weighted by atomic mass is 10.0. The van der Waals surface area contributed by atoms with Gasteiger partial charge in [-0.1, -0.05) is 24.3 Å². The zero-order chi connectivity index (χ0) is 17.0. The van der Waals surface area contributed by atoms with Crippen LogP contribution in [-0.2, 0) is 20.2 Å². The monoisotopic (exact) mass is 356 g/mol. The zero-order valence-corrected chi connectivity index (χ0v) is 12.9. The van der Waals surface area contributed by atoms with Gasteiger partial charge in [-0.2, -0.15) is 16.8 Å². The molecule has 0 heterocycles. The van der Waals surface area contributed by atoms with E-state index in [4.69, 9.17) is 4.55 Å². The summed E-state index contributed by atoms with van der Waals surface area (Å²) in [6.45, 7) is 0. The molecule has 3 aromatic carbocycles. The Labute approximate surface area is 130 Å². The summed E-state index contributed by atoms with van der Waals surface area (Å²) < 4.78 is 78.6. The Balaban J connectivity index is 2.66. The minimum atomic E-state index is -5.21. The van der Waals surface area contributed by atoms with Crippen molar-refractivity contribution in [3.8, 4) is 0 Å². The first kappa shape index (κ1) is 15.8. The van der Waals surface area contributed by atoms with Crippen molar-refractivity contribution in [3.05, 3.63) is 48.3 Å². The van der Waals surface area contributed by atoms with E-state index < -0.39 is 35.8 Å². The number of hydrogen-bond donors (Lipinski definition) is 2. The van der Waals surface area contributed by atoms with E-state index >= 15 is 0 Å². The van der Waals surface area contributed by atoms with Crippen LogP contribution in [0.5, 0.6) is 0 Å². The van der Waals surface area contributed by atoms with Gasteiger partial charge in [0.1, 0.15) is 10.7 Å². The van der Waals surface area contributed by atoms with Gasteiger partial charge in [0.05, 0.1) is 0 Å². The molecular weight excluding hydrogens is 347 g/mol. The number of benzene rings is 3. The molecule has 0 saturated heterocycles. The van der Waals surface area contributed by atoms with E-state index in [9.17, 15) is 25.8 Å². The molecule has 0 unspecified atom stereocenters. The van der Waals surface area contributed by atoms with Crippen molar-refractivity contribution in [2.75, 3.05) is 0 Å². The largest absolute Gasteiger partial charge is 0.298 e. The lowest BCUT2D eigenvalue weighted by molar-refractivity contribution is 0.457. The molecule has 9 heteroatoms. The summed E-state index contributed by atoms with van der Waals surface area (Å²) in [5.41, 5.74) is 0. The fraction of sp³-hybridized carbons (Fsp3) is 0. The average Bonchev–Trinajstić information content (AvgIpc) is 2.41. The Hall–Kier alpha value is -2.07. The summed E-state index contributed by atoms with van der Waals surface area (Å²) >= 11 is 0. The van der Waals surface area contributed by atoms with Gasteiger partial charge < -0.3 is 0 Å². The molecule has 0 bridgehead atoms. The van der Waals surface area contributed by atoms with Crippen LogP contribution >= 0.6 is 0 Å². The molecule has 0 aliphatic heterocycles. The van der Waals surface area contributed by atoms with Crippen LogP contribution < -0.4 is 0 Å². The summed E-state index contributed by atoms with van der Waals surface area (Å²) in [6.07, 6.45) is 0. The van der Waals surface area contributed by atoms with Crippen molar-refractivity contribution in [1.29, 1.82) is 0 Å². The van der Waals surface area contributed by atoms with Gasteiger partial charge in [0.2, 0.25) is 0 Å². The summed E-state index contributed by atoms with van der Waals surface area (Å²) in [5, 5.41) is 1.08. The van der Waals surface area contributed by atoms with Crippen LogP contribution in [0.3, 0.4) is 0 Å². The van der Waals surface area contributed by atoms with Crippen LogP contribution in [-0.4, -0.2) is 25.9 Å². The maximum atomic E-state index is 14.1. The number of fused-ring (bicyclic) bond motifs is 2. The van der Waals surface area contributed by atoms with Crippen molar-refractivity contribution in [1.82, 2.24) is 0 Å². The molecule has 120 valence electrons. The maximum Gasteiger partial charge on any atom is 0.298 e. The van der Waals surface area contributed by atoms with Gasteiger partial charge in [-0.25, -0.2) is 4.39 Å². The van der Waals surface area contributed by atoms with Crippen LogP contribution in [0.15, 0.2) is 52.3 Å². The second kappa shape index (κ2) is 4.96. The van der Waals surface area contributed by atoms with Gasteiger partial charge in [-0.3, -0.25) is 9.11 Å². The molecule has 0 radical (unpaired) electrons. The van der Waals surface area contributed by atoms with Crippen molar-refractivity contribution in [3.63, 3.8) is 0 Å². The van der Waals surface area contributed by atoms with Gasteiger partial charge in [-0.15, -0.1) is 0 Å². The average molecular weight is 356 g/mol. The number of halogens is 1. The Morgan fingerprint density at radius 1 is 0.739 bits per heavy atom. The predicted octanol–water partition coefficient (Wildman–Crippen LogP) is 2.63. The highest BCUT2D eigenvalue weighted by molar-refractivity contribution is 7.89. The first-order chi connectivity index (χ1) is 10.6. The minimum Gasteiger partial charge on any atom is -0.282 e. The second-order valence-electron chi connectivity index (χ2n) is 4.89. The second-order valence-corrected chi connectivity index (χ2v) is 7.60. The zero-order valence-electron chi connectivity index (χ0n) is 11.3. The fourth-order valence-corrected chi connectivity index (χ4v) is 4.57. The molecule has 2 N–H and O–H groups in total. The Morgan fingerprint density at radius 3 is 1.78 bits per heavy atom. The van der Waals surface area contributed by atoms with E-state index in [-0.39, 0.29) is 10.8 Å². The van der Waals surface area contributed by atoms with Crippen molar-refractivity contribution < 1.29 is 30.3 Å². The summed E-state index contributed by atoms with van der Waals surface area (Å²) in [6, 6.07) is 10.3. The quantitative estimate of drug-likeness (QED) is 0.540. The van der Waals surface area contributed by atoms with E-state index in [1.165, 1.54) is 12.1 Å². The normalized spacial score (nSPS) is 12.8. The first-order valence-electron chi connectivity index (χ1n) is 6.19. The summed E-state index contributed by atoms with van der Waals surface area (Å²) in [7, 11) is -10.3. The molecule has 0 spiro atoms. The van der Waals surface area contributed by atoms with E-state index in [0.717, 1.165) is 6.07 Å². The third kappa shape index (κ3) is 2.68. The smallest absolute Gasteiger partial charge is 0.282 e. The van der Waals surface area contributed by atoms with Crippen LogP contribution in [0.4, 0.5) is 4.39 Å². The molecule has 3 aromatic rings. The summed E-state index contributed by atoms with van der Waals surface area (Å²) in [5.74, 6) is -1.47. The van der Waals surface area contributed by atoms with Crippen molar-refractivity contribution in [2.45, 2.75) is 9.79 Å². The first-order valence-corrected chi connectivity index (χ1v) is 9.07. The molecule has 0 aliphatic rings. The van der Waals surface area contributed by atoms with Gasteiger partial charge in [0.25, 0.3) is 20.2 Å². The van der Waals surface area contributed by atoms with Crippen LogP contribution in [0.25, 0.3) is 21.5 Å². The molecule has 0 aliphatic carbocycles. The van der Waals surface area contributed by atoms with Crippen molar-refractivity contribution >= 4 is 41.8 Å². The Morgan fingerprint density at radius 2 is 1.26 bits per heavy atom. The highest BCUT2D eigenvalue weighted by Gasteiger charge is 2.30. The number of hydrogen-bond acceptors (Lipinski definition) is 4. The van der Waals surface area contributed by atoms with E-state index in [0.29, 0.717) is 10.8 Å². The van der Waals surface area contributed by atoms with Gasteiger partial charge >= 0.3 is 0 Å². The molecule has 23 heavy (non-hydrogen) atoms. The molecule has 0 saturated carbocycles. The van der Waals surface area contributed by atoms with Crippen LogP contribution in [0, 0.1) is 5.82 Å². The molecule has 0 aromatic heterocycles. The van der Waals surface area contributed by atoms with E-state index in [2.05, 4.69) is 0 Å².